The number of carbonyl (C=O) groups is 3. The molecule has 4 aromatic carbocycles. The van der Waals surface area contributed by atoms with E-state index in [2.05, 4.69) is 10.6 Å². The van der Waals surface area contributed by atoms with E-state index < -0.39 is 23.9 Å². The lowest BCUT2D eigenvalue weighted by Gasteiger charge is -2.14. The van der Waals surface area contributed by atoms with Gasteiger partial charge >= 0.3 is 5.97 Å². The molecule has 192 valence electrons. The van der Waals surface area contributed by atoms with Gasteiger partial charge in [-0.15, -0.1) is 0 Å². The van der Waals surface area contributed by atoms with Crippen molar-refractivity contribution in [2.45, 2.75) is 13.0 Å². The van der Waals surface area contributed by atoms with Crippen LogP contribution in [0.5, 0.6) is 23.0 Å². The summed E-state index contributed by atoms with van der Waals surface area (Å²) in [5.74, 6) is 0.869. The first-order chi connectivity index (χ1) is 18.5. The van der Waals surface area contributed by atoms with E-state index in [0.717, 1.165) is 0 Å². The van der Waals surface area contributed by atoms with E-state index in [1.807, 2.05) is 60.7 Å². The van der Waals surface area contributed by atoms with Crippen LogP contribution in [0.2, 0.25) is 0 Å². The van der Waals surface area contributed by atoms with E-state index >= 15 is 0 Å². The van der Waals surface area contributed by atoms with Gasteiger partial charge in [-0.1, -0.05) is 36.4 Å². The molecule has 0 aliphatic rings. The summed E-state index contributed by atoms with van der Waals surface area (Å²) in [5, 5.41) is 5.17. The molecule has 0 saturated carbocycles. The molecule has 4 rings (SSSR count). The summed E-state index contributed by atoms with van der Waals surface area (Å²) < 4.78 is 16.6. The Morgan fingerprint density at radius 2 is 1.13 bits per heavy atom. The van der Waals surface area contributed by atoms with Crippen LogP contribution in [0.25, 0.3) is 0 Å². The van der Waals surface area contributed by atoms with E-state index in [-0.39, 0.29) is 6.54 Å². The number of anilines is 1. The molecule has 0 aromatic heterocycles. The minimum atomic E-state index is -1.06. The van der Waals surface area contributed by atoms with Crippen molar-refractivity contribution in [1.29, 1.82) is 0 Å². The van der Waals surface area contributed by atoms with Gasteiger partial charge in [-0.3, -0.25) is 14.4 Å². The summed E-state index contributed by atoms with van der Waals surface area (Å²) in [6.45, 7) is 1.07. The molecule has 0 fully saturated rings. The molecule has 0 unspecified atom stereocenters. The van der Waals surface area contributed by atoms with Gasteiger partial charge in [0.15, 0.2) is 6.10 Å². The molecule has 8 nitrogen and oxygen atoms in total. The van der Waals surface area contributed by atoms with Crippen molar-refractivity contribution in [2.75, 3.05) is 11.9 Å². The number of carbonyl (C=O) groups excluding carboxylic acids is 3. The van der Waals surface area contributed by atoms with Gasteiger partial charge in [0.25, 0.3) is 11.8 Å². The third-order valence-electron chi connectivity index (χ3n) is 5.27. The average Bonchev–Trinajstić information content (AvgIpc) is 2.94. The number of benzene rings is 4. The summed E-state index contributed by atoms with van der Waals surface area (Å²) in [6, 6.07) is 31.9. The van der Waals surface area contributed by atoms with Crippen molar-refractivity contribution in [1.82, 2.24) is 5.32 Å². The molecule has 4 aromatic rings. The second kappa shape index (κ2) is 12.7. The van der Waals surface area contributed by atoms with Crippen molar-refractivity contribution in [3.05, 3.63) is 115 Å². The fourth-order valence-electron chi connectivity index (χ4n) is 3.32. The number of nitrogens with one attached hydrogen (secondary N) is 2. The van der Waals surface area contributed by atoms with Gasteiger partial charge in [-0.25, -0.2) is 0 Å². The Kier molecular flexibility index (Phi) is 8.70. The molecule has 0 aliphatic heterocycles. The zero-order valence-electron chi connectivity index (χ0n) is 20.6. The second-order valence-electron chi connectivity index (χ2n) is 8.18. The molecule has 0 bridgehead atoms. The van der Waals surface area contributed by atoms with Gasteiger partial charge in [0.2, 0.25) is 0 Å². The lowest BCUT2D eigenvalue weighted by Crippen LogP contribution is -2.35. The molecule has 2 N–H and O–H groups in total. The van der Waals surface area contributed by atoms with Crippen LogP contribution in [0.15, 0.2) is 109 Å². The average molecular weight is 511 g/mol. The molecule has 2 amide bonds. The van der Waals surface area contributed by atoms with E-state index in [9.17, 15) is 14.4 Å². The molecule has 0 aliphatic carbocycles. The molecule has 8 heteroatoms. The zero-order valence-corrected chi connectivity index (χ0v) is 20.6. The normalized spacial score (nSPS) is 11.1. The maximum absolute atomic E-state index is 12.4. The summed E-state index contributed by atoms with van der Waals surface area (Å²) in [4.78, 5) is 37.0. The van der Waals surface area contributed by atoms with Gasteiger partial charge in [0.05, 0.1) is 0 Å². The van der Waals surface area contributed by atoms with Crippen LogP contribution in [-0.4, -0.2) is 30.4 Å². The van der Waals surface area contributed by atoms with Crippen molar-refractivity contribution < 1.29 is 28.6 Å². The first kappa shape index (κ1) is 26.0. The van der Waals surface area contributed by atoms with Crippen molar-refractivity contribution >= 4 is 23.5 Å². The predicted molar refractivity (Wildman–Crippen MR) is 142 cm³/mol. The SMILES string of the molecule is C[C@@H](OC(=O)CNC(=O)c1ccc(Oc2ccccc2)cc1)C(=O)Nc1ccc(Oc2ccccc2)cc1. The van der Waals surface area contributed by atoms with E-state index in [4.69, 9.17) is 14.2 Å². The third kappa shape index (κ3) is 7.69. The minimum Gasteiger partial charge on any atom is -0.457 e. The standard InChI is InChI=1S/C30H26N2O6/c1-21(29(34)32-23-14-18-27(19-15-23)38-25-10-6-3-7-11-25)36-28(33)20-31-30(35)22-12-16-26(17-13-22)37-24-8-4-2-5-9-24/h2-19,21H,20H2,1H3,(H,31,35)(H,32,34)/t21-/m1/s1. The molecule has 0 saturated heterocycles. The van der Waals surface area contributed by atoms with Gasteiger partial charge in [0.1, 0.15) is 29.5 Å². The number of rotatable bonds is 10. The van der Waals surface area contributed by atoms with E-state index in [1.165, 1.54) is 6.92 Å². The molecular weight excluding hydrogens is 484 g/mol. The quantitative estimate of drug-likeness (QED) is 0.270. The Morgan fingerprint density at radius 3 is 1.66 bits per heavy atom. The van der Waals surface area contributed by atoms with Crippen LogP contribution in [0.1, 0.15) is 17.3 Å². The number of hydrogen-bond donors (Lipinski definition) is 2. The highest BCUT2D eigenvalue weighted by atomic mass is 16.5. The second-order valence-corrected chi connectivity index (χ2v) is 8.18. The highest BCUT2D eigenvalue weighted by molar-refractivity contribution is 5.97. The van der Waals surface area contributed by atoms with Crippen molar-refractivity contribution in [2.24, 2.45) is 0 Å². The first-order valence-corrected chi connectivity index (χ1v) is 11.9. The number of para-hydroxylation sites is 2. The lowest BCUT2D eigenvalue weighted by atomic mass is 10.2. The highest BCUT2D eigenvalue weighted by Crippen LogP contribution is 2.23. The van der Waals surface area contributed by atoms with E-state index in [1.54, 1.807) is 48.5 Å². The van der Waals surface area contributed by atoms with Crippen LogP contribution in [-0.2, 0) is 14.3 Å². The van der Waals surface area contributed by atoms with Crippen LogP contribution in [0.3, 0.4) is 0 Å². The van der Waals surface area contributed by atoms with Crippen LogP contribution in [0.4, 0.5) is 5.69 Å². The Morgan fingerprint density at radius 1 is 0.658 bits per heavy atom. The van der Waals surface area contributed by atoms with Gasteiger partial charge in [-0.2, -0.15) is 0 Å². The Balaban J connectivity index is 1.19. The fourth-order valence-corrected chi connectivity index (χ4v) is 3.32. The molecule has 0 radical (unpaired) electrons. The predicted octanol–water partition coefficient (Wildman–Crippen LogP) is 5.57. The molecule has 0 heterocycles. The van der Waals surface area contributed by atoms with Crippen molar-refractivity contribution in [3.8, 4) is 23.0 Å². The molecular formula is C30H26N2O6. The fraction of sp³-hybridized carbons (Fsp3) is 0.100. The smallest absolute Gasteiger partial charge is 0.326 e. The number of hydrogen-bond acceptors (Lipinski definition) is 6. The van der Waals surface area contributed by atoms with E-state index in [0.29, 0.717) is 34.2 Å². The van der Waals surface area contributed by atoms with Crippen molar-refractivity contribution in [3.63, 3.8) is 0 Å². The number of esters is 1. The molecule has 38 heavy (non-hydrogen) atoms. The Hall–Kier alpha value is -5.11. The monoisotopic (exact) mass is 510 g/mol. The number of amides is 2. The van der Waals surface area contributed by atoms with Crippen LogP contribution in [0, 0.1) is 0 Å². The summed E-state index contributed by atoms with van der Waals surface area (Å²) in [6.07, 6.45) is -1.06. The first-order valence-electron chi connectivity index (χ1n) is 11.9. The van der Waals surface area contributed by atoms with Gasteiger partial charge < -0.3 is 24.8 Å². The molecule has 1 atom stereocenters. The Bertz CT molecular complexity index is 1360. The maximum Gasteiger partial charge on any atom is 0.326 e. The Labute approximate surface area is 220 Å². The maximum atomic E-state index is 12.4. The minimum absolute atomic E-state index is 0.351. The third-order valence-corrected chi connectivity index (χ3v) is 5.27. The zero-order chi connectivity index (χ0) is 26.7. The summed E-state index contributed by atoms with van der Waals surface area (Å²) in [7, 11) is 0. The lowest BCUT2D eigenvalue weighted by molar-refractivity contribution is -0.152. The molecule has 0 spiro atoms. The van der Waals surface area contributed by atoms with Crippen LogP contribution < -0.4 is 20.1 Å². The van der Waals surface area contributed by atoms with Gasteiger partial charge in [0, 0.05) is 11.3 Å². The largest absolute Gasteiger partial charge is 0.457 e. The van der Waals surface area contributed by atoms with Crippen LogP contribution >= 0.6 is 0 Å². The number of ether oxygens (including phenoxy) is 3. The summed E-state index contributed by atoms with van der Waals surface area (Å²) >= 11 is 0. The topological polar surface area (TPSA) is 103 Å². The highest BCUT2D eigenvalue weighted by Gasteiger charge is 2.19. The summed E-state index contributed by atoms with van der Waals surface area (Å²) in [5.41, 5.74) is 0.870. The van der Waals surface area contributed by atoms with Gasteiger partial charge in [-0.05, 0) is 79.7 Å².